The molecule has 1 aromatic carbocycles. The molecule has 4 nitrogen and oxygen atoms in total. The molecule has 6 heteroatoms. The van der Waals surface area contributed by atoms with E-state index in [1.807, 2.05) is 18.5 Å². The number of hydrogen-bond donors (Lipinski definition) is 1. The number of carbonyl (C=O) groups excluding carboxylic acids is 1. The summed E-state index contributed by atoms with van der Waals surface area (Å²) in [6, 6.07) is 3.49. The maximum Gasteiger partial charge on any atom is 0.224 e. The van der Waals surface area contributed by atoms with Gasteiger partial charge in [-0.25, -0.2) is 8.78 Å². The first kappa shape index (κ1) is 18.1. The van der Waals surface area contributed by atoms with Gasteiger partial charge < -0.3 is 5.32 Å². The fourth-order valence-corrected chi connectivity index (χ4v) is 2.68. The van der Waals surface area contributed by atoms with Gasteiger partial charge >= 0.3 is 0 Å². The highest BCUT2D eigenvalue weighted by Gasteiger charge is 2.16. The Kier molecular flexibility index (Phi) is 5.70. The lowest BCUT2D eigenvalue weighted by molar-refractivity contribution is -0.116. The number of para-hydroxylation sites is 1. The van der Waals surface area contributed by atoms with Gasteiger partial charge in [-0.05, 0) is 43.9 Å². The number of amides is 1. The summed E-state index contributed by atoms with van der Waals surface area (Å²) < 4.78 is 29.1. The number of aromatic nitrogens is 2. The van der Waals surface area contributed by atoms with Crippen LogP contribution in [0.2, 0.25) is 0 Å². The largest absolute Gasteiger partial charge is 0.321 e. The van der Waals surface area contributed by atoms with Crippen molar-refractivity contribution in [3.05, 3.63) is 46.8 Å². The first-order valence-electron chi connectivity index (χ1n) is 8.06. The van der Waals surface area contributed by atoms with Gasteiger partial charge in [0.1, 0.15) is 17.3 Å². The molecule has 0 aliphatic heterocycles. The minimum atomic E-state index is -0.777. The van der Waals surface area contributed by atoms with E-state index < -0.39 is 23.2 Å². The molecule has 0 aliphatic rings. The third-order valence-corrected chi connectivity index (χ3v) is 3.90. The number of nitrogens with zero attached hydrogens (tertiary/aromatic N) is 2. The van der Waals surface area contributed by atoms with Crippen molar-refractivity contribution in [2.24, 2.45) is 5.92 Å². The Labute approximate surface area is 140 Å². The van der Waals surface area contributed by atoms with E-state index in [-0.39, 0.29) is 6.42 Å². The highest BCUT2D eigenvalue weighted by molar-refractivity contribution is 5.91. The average Bonchev–Trinajstić information content (AvgIpc) is 2.75. The zero-order valence-corrected chi connectivity index (χ0v) is 14.5. The first-order chi connectivity index (χ1) is 11.3. The van der Waals surface area contributed by atoms with Gasteiger partial charge in [0.2, 0.25) is 5.91 Å². The summed E-state index contributed by atoms with van der Waals surface area (Å²) in [5.74, 6) is -1.50. The number of halogens is 2. The normalized spacial score (nSPS) is 11.1. The number of rotatable bonds is 6. The molecule has 0 saturated heterocycles. The number of nitrogens with one attached hydrogen (secondary N) is 1. The second kappa shape index (κ2) is 7.55. The Morgan fingerprint density at radius 3 is 2.46 bits per heavy atom. The highest BCUT2D eigenvalue weighted by atomic mass is 19.1. The number of hydrogen-bond acceptors (Lipinski definition) is 2. The van der Waals surface area contributed by atoms with Crippen LogP contribution in [0.25, 0.3) is 0 Å². The van der Waals surface area contributed by atoms with Crippen molar-refractivity contribution in [3.63, 3.8) is 0 Å². The number of benzene rings is 1. The molecule has 0 atom stereocenters. The Bertz CT molecular complexity index is 718. The van der Waals surface area contributed by atoms with E-state index in [2.05, 4.69) is 24.3 Å². The van der Waals surface area contributed by atoms with Gasteiger partial charge in [-0.2, -0.15) is 5.10 Å². The molecule has 0 aliphatic carbocycles. The first-order valence-corrected chi connectivity index (χ1v) is 8.06. The predicted molar refractivity (Wildman–Crippen MR) is 89.8 cm³/mol. The lowest BCUT2D eigenvalue weighted by Gasteiger charge is -2.09. The van der Waals surface area contributed by atoms with Crippen molar-refractivity contribution in [1.82, 2.24) is 9.78 Å². The molecular formula is C18H23F2N3O. The van der Waals surface area contributed by atoms with Crippen molar-refractivity contribution in [1.29, 1.82) is 0 Å². The van der Waals surface area contributed by atoms with E-state index in [1.54, 1.807) is 0 Å². The molecule has 1 N–H and O–H groups in total. The Hall–Kier alpha value is -2.24. The molecule has 0 fully saturated rings. The van der Waals surface area contributed by atoms with Gasteiger partial charge in [0, 0.05) is 18.7 Å². The van der Waals surface area contributed by atoms with Gasteiger partial charge in [-0.15, -0.1) is 0 Å². The average molecular weight is 335 g/mol. The molecule has 2 aromatic rings. The minimum absolute atomic E-state index is 0.142. The van der Waals surface area contributed by atoms with Crippen LogP contribution in [-0.4, -0.2) is 15.7 Å². The quantitative estimate of drug-likeness (QED) is 0.867. The van der Waals surface area contributed by atoms with Gasteiger partial charge in [0.25, 0.3) is 0 Å². The van der Waals surface area contributed by atoms with Crippen LogP contribution in [0.15, 0.2) is 18.2 Å². The van der Waals surface area contributed by atoms with Crippen LogP contribution >= 0.6 is 0 Å². The monoisotopic (exact) mass is 335 g/mol. The maximum atomic E-state index is 13.6. The second-order valence-electron chi connectivity index (χ2n) is 6.37. The number of aryl methyl sites for hydroxylation is 1. The van der Waals surface area contributed by atoms with Gasteiger partial charge in [0.05, 0.1) is 5.69 Å². The van der Waals surface area contributed by atoms with Crippen molar-refractivity contribution in [2.45, 2.75) is 47.1 Å². The van der Waals surface area contributed by atoms with E-state index in [1.165, 1.54) is 6.07 Å². The molecule has 130 valence electrons. The fourth-order valence-electron chi connectivity index (χ4n) is 2.68. The van der Waals surface area contributed by atoms with Crippen LogP contribution in [0.3, 0.4) is 0 Å². The number of carbonyl (C=O) groups is 1. The van der Waals surface area contributed by atoms with Crippen LogP contribution in [0.1, 0.15) is 37.2 Å². The summed E-state index contributed by atoms with van der Waals surface area (Å²) in [7, 11) is 0. The van der Waals surface area contributed by atoms with Gasteiger partial charge in [-0.3, -0.25) is 9.48 Å². The lowest BCUT2D eigenvalue weighted by Crippen LogP contribution is -2.15. The third kappa shape index (κ3) is 4.19. The topological polar surface area (TPSA) is 46.9 Å². The van der Waals surface area contributed by atoms with Crippen LogP contribution in [-0.2, 0) is 17.8 Å². The third-order valence-electron chi connectivity index (χ3n) is 3.90. The lowest BCUT2D eigenvalue weighted by atomic mass is 10.1. The Balaban J connectivity index is 2.03. The summed E-state index contributed by atoms with van der Waals surface area (Å²) in [5, 5.41) is 6.82. The zero-order chi connectivity index (χ0) is 17.9. The molecule has 0 bridgehead atoms. The van der Waals surface area contributed by atoms with E-state index in [0.29, 0.717) is 12.3 Å². The van der Waals surface area contributed by atoms with Crippen molar-refractivity contribution in [3.8, 4) is 0 Å². The molecule has 1 heterocycles. The smallest absolute Gasteiger partial charge is 0.224 e. The van der Waals surface area contributed by atoms with E-state index in [4.69, 9.17) is 0 Å². The van der Waals surface area contributed by atoms with E-state index in [0.717, 1.165) is 35.6 Å². The predicted octanol–water partition coefficient (Wildman–Crippen LogP) is 4.01. The molecule has 1 amide bonds. The summed E-state index contributed by atoms with van der Waals surface area (Å²) in [6.45, 7) is 8.94. The maximum absolute atomic E-state index is 13.6. The molecular weight excluding hydrogens is 312 g/mol. The van der Waals surface area contributed by atoms with Crippen LogP contribution < -0.4 is 5.32 Å². The SMILES string of the molecule is Cc1nn(CC(C)C)c(C)c1CCC(=O)Nc1c(F)cccc1F. The van der Waals surface area contributed by atoms with Gasteiger partial charge in [0.15, 0.2) is 0 Å². The van der Waals surface area contributed by atoms with E-state index in [9.17, 15) is 13.6 Å². The standard InChI is InChI=1S/C18H23F2N3O/c1-11(2)10-23-13(4)14(12(3)22-23)8-9-17(24)21-18-15(19)6-5-7-16(18)20/h5-7,11H,8-10H2,1-4H3,(H,21,24). The second-order valence-corrected chi connectivity index (χ2v) is 6.37. The van der Waals surface area contributed by atoms with Crippen molar-refractivity contribution in [2.75, 3.05) is 5.32 Å². The van der Waals surface area contributed by atoms with Crippen LogP contribution in [0, 0.1) is 31.4 Å². The minimum Gasteiger partial charge on any atom is -0.321 e. The summed E-state index contributed by atoms with van der Waals surface area (Å²) in [6.07, 6.45) is 0.625. The number of anilines is 1. The Morgan fingerprint density at radius 2 is 1.88 bits per heavy atom. The molecule has 2 rings (SSSR count). The fraction of sp³-hybridized carbons (Fsp3) is 0.444. The summed E-state index contributed by atoms with van der Waals surface area (Å²) >= 11 is 0. The molecule has 0 unspecified atom stereocenters. The van der Waals surface area contributed by atoms with Crippen LogP contribution in [0.4, 0.5) is 14.5 Å². The summed E-state index contributed by atoms with van der Waals surface area (Å²) in [4.78, 5) is 12.0. The highest BCUT2D eigenvalue weighted by Crippen LogP contribution is 2.20. The van der Waals surface area contributed by atoms with Crippen molar-refractivity contribution < 1.29 is 13.6 Å². The van der Waals surface area contributed by atoms with E-state index >= 15 is 0 Å². The summed E-state index contributed by atoms with van der Waals surface area (Å²) in [5.41, 5.74) is 2.54. The molecule has 0 radical (unpaired) electrons. The van der Waals surface area contributed by atoms with Crippen molar-refractivity contribution >= 4 is 11.6 Å². The molecule has 1 aromatic heterocycles. The zero-order valence-electron chi connectivity index (χ0n) is 14.5. The molecule has 24 heavy (non-hydrogen) atoms. The molecule has 0 saturated carbocycles. The van der Waals surface area contributed by atoms with Gasteiger partial charge in [-0.1, -0.05) is 19.9 Å². The molecule has 0 spiro atoms. The van der Waals surface area contributed by atoms with Crippen LogP contribution in [0.5, 0.6) is 0 Å². The Morgan fingerprint density at radius 1 is 1.25 bits per heavy atom.